The van der Waals surface area contributed by atoms with Crippen LogP contribution in [0.5, 0.6) is 0 Å². The van der Waals surface area contributed by atoms with E-state index in [0.717, 1.165) is 18.7 Å². The lowest BCUT2D eigenvalue weighted by atomic mass is 10.0. The number of carbonyl (C=O) groups excluding carboxylic acids is 1. The van der Waals surface area contributed by atoms with Crippen LogP contribution in [0, 0.1) is 0 Å². The van der Waals surface area contributed by atoms with Crippen LogP contribution in [0.4, 0.5) is 5.69 Å². The predicted molar refractivity (Wildman–Crippen MR) is 76.3 cm³/mol. The van der Waals surface area contributed by atoms with E-state index in [1.165, 1.54) is 5.56 Å². The molecular weight excluding hydrogens is 240 g/mol. The average Bonchev–Trinajstić information content (AvgIpc) is 2.43. The monoisotopic (exact) mass is 262 g/mol. The number of nitrogens with zero attached hydrogens (tertiary/aromatic N) is 1. The second-order valence-corrected chi connectivity index (χ2v) is 5.01. The smallest absolute Gasteiger partial charge is 0.244 e. The summed E-state index contributed by atoms with van der Waals surface area (Å²) in [5, 5.41) is 12.3. The molecule has 1 saturated heterocycles. The summed E-state index contributed by atoms with van der Waals surface area (Å²) in [5.41, 5.74) is 2.19. The first kappa shape index (κ1) is 14.0. The van der Waals surface area contributed by atoms with Crippen molar-refractivity contribution in [3.63, 3.8) is 0 Å². The van der Waals surface area contributed by atoms with E-state index in [-0.39, 0.29) is 24.6 Å². The number of piperazine rings is 1. The van der Waals surface area contributed by atoms with Crippen LogP contribution in [0.3, 0.4) is 0 Å². The third-order valence-corrected chi connectivity index (χ3v) is 3.69. The van der Waals surface area contributed by atoms with Crippen LogP contribution < -0.4 is 10.2 Å². The minimum atomic E-state index is -0.272. The Morgan fingerprint density at radius 3 is 2.84 bits per heavy atom. The fraction of sp³-hybridized carbons (Fsp3) is 0.533. The fourth-order valence-corrected chi connectivity index (χ4v) is 2.63. The quantitative estimate of drug-likeness (QED) is 0.860. The molecule has 0 radical (unpaired) electrons. The molecule has 104 valence electrons. The van der Waals surface area contributed by atoms with Crippen LogP contribution in [0.25, 0.3) is 0 Å². The molecule has 2 rings (SSSR count). The Kier molecular flexibility index (Phi) is 4.56. The topological polar surface area (TPSA) is 52.6 Å². The number of amides is 1. The van der Waals surface area contributed by atoms with E-state index < -0.39 is 0 Å². The van der Waals surface area contributed by atoms with Crippen molar-refractivity contribution >= 4 is 11.6 Å². The Morgan fingerprint density at radius 2 is 2.16 bits per heavy atom. The van der Waals surface area contributed by atoms with Crippen molar-refractivity contribution in [2.24, 2.45) is 0 Å². The normalized spacial score (nSPS) is 23.7. The second kappa shape index (κ2) is 6.17. The second-order valence-electron chi connectivity index (χ2n) is 5.01. The van der Waals surface area contributed by atoms with Crippen LogP contribution in [0.15, 0.2) is 24.3 Å². The van der Waals surface area contributed by atoms with Gasteiger partial charge in [0.15, 0.2) is 0 Å². The van der Waals surface area contributed by atoms with Gasteiger partial charge in [-0.2, -0.15) is 0 Å². The molecule has 4 nitrogen and oxygen atoms in total. The number of aliphatic hydroxyl groups excluding tert-OH is 1. The van der Waals surface area contributed by atoms with Gasteiger partial charge in [-0.25, -0.2) is 0 Å². The van der Waals surface area contributed by atoms with E-state index in [1.54, 1.807) is 0 Å². The lowest BCUT2D eigenvalue weighted by molar-refractivity contribution is -0.122. The summed E-state index contributed by atoms with van der Waals surface area (Å²) in [4.78, 5) is 14.4. The summed E-state index contributed by atoms with van der Waals surface area (Å²) < 4.78 is 0. The Hall–Kier alpha value is -1.39. The number of anilines is 1. The standard InChI is InChI=1S/C15H22N2O2/c1-3-12-6-4-5-7-14(12)17-11(2)10-16-13(8-9-18)15(17)19/h4-7,11,13,16,18H,3,8-10H2,1-2H3. The highest BCUT2D eigenvalue weighted by molar-refractivity contribution is 5.99. The Labute approximate surface area is 114 Å². The Bertz CT molecular complexity index is 448. The number of benzene rings is 1. The van der Waals surface area contributed by atoms with Gasteiger partial charge in [-0.3, -0.25) is 4.79 Å². The van der Waals surface area contributed by atoms with Crippen LogP contribution in [0.1, 0.15) is 25.8 Å². The van der Waals surface area contributed by atoms with Crippen molar-refractivity contribution in [2.45, 2.75) is 38.8 Å². The zero-order valence-corrected chi connectivity index (χ0v) is 11.6. The third kappa shape index (κ3) is 2.80. The molecule has 0 spiro atoms. The molecule has 2 atom stereocenters. The fourth-order valence-electron chi connectivity index (χ4n) is 2.63. The maximum atomic E-state index is 12.5. The van der Waals surface area contributed by atoms with Crippen LogP contribution >= 0.6 is 0 Å². The number of aryl methyl sites for hydroxylation is 1. The average molecular weight is 262 g/mol. The van der Waals surface area contributed by atoms with Gasteiger partial charge in [-0.15, -0.1) is 0 Å². The maximum absolute atomic E-state index is 12.5. The van der Waals surface area contributed by atoms with E-state index in [2.05, 4.69) is 18.3 Å². The molecule has 2 N–H and O–H groups in total. The van der Waals surface area contributed by atoms with E-state index in [1.807, 2.05) is 30.0 Å². The maximum Gasteiger partial charge on any atom is 0.244 e. The van der Waals surface area contributed by atoms with Crippen molar-refractivity contribution in [1.82, 2.24) is 5.32 Å². The number of hydrogen-bond donors (Lipinski definition) is 2. The molecule has 0 saturated carbocycles. The van der Waals surface area contributed by atoms with Gasteiger partial charge in [-0.05, 0) is 31.4 Å². The molecule has 19 heavy (non-hydrogen) atoms. The lowest BCUT2D eigenvalue weighted by Gasteiger charge is -2.39. The molecule has 1 amide bonds. The molecule has 0 bridgehead atoms. The lowest BCUT2D eigenvalue weighted by Crippen LogP contribution is -2.60. The molecule has 0 aliphatic carbocycles. The third-order valence-electron chi connectivity index (χ3n) is 3.69. The highest BCUT2D eigenvalue weighted by Crippen LogP contribution is 2.26. The molecule has 4 heteroatoms. The van der Waals surface area contributed by atoms with Gasteiger partial charge >= 0.3 is 0 Å². The molecule has 1 aromatic carbocycles. The minimum Gasteiger partial charge on any atom is -0.396 e. The van der Waals surface area contributed by atoms with Crippen LogP contribution in [0.2, 0.25) is 0 Å². The summed E-state index contributed by atoms with van der Waals surface area (Å²) in [6, 6.07) is 7.91. The first-order valence-electron chi connectivity index (χ1n) is 6.94. The Morgan fingerprint density at radius 1 is 1.42 bits per heavy atom. The molecule has 1 aromatic rings. The van der Waals surface area contributed by atoms with Crippen molar-refractivity contribution in [1.29, 1.82) is 0 Å². The molecule has 1 fully saturated rings. The summed E-state index contributed by atoms with van der Waals surface area (Å²) in [6.45, 7) is 4.93. The molecular formula is C15H22N2O2. The summed E-state index contributed by atoms with van der Waals surface area (Å²) in [5.74, 6) is 0.0636. The highest BCUT2D eigenvalue weighted by Gasteiger charge is 2.33. The van der Waals surface area contributed by atoms with Crippen molar-refractivity contribution in [2.75, 3.05) is 18.1 Å². The Balaban J connectivity index is 2.32. The number of aliphatic hydroxyl groups is 1. The molecule has 2 unspecified atom stereocenters. The van der Waals surface area contributed by atoms with Gasteiger partial charge < -0.3 is 15.3 Å². The van der Waals surface area contributed by atoms with Gasteiger partial charge in [0.25, 0.3) is 0 Å². The number of rotatable bonds is 4. The first-order chi connectivity index (χ1) is 9.19. The molecule has 1 aliphatic rings. The van der Waals surface area contributed by atoms with Gasteiger partial charge in [0.05, 0.1) is 6.04 Å². The van der Waals surface area contributed by atoms with Gasteiger partial charge in [0.1, 0.15) is 0 Å². The van der Waals surface area contributed by atoms with Crippen molar-refractivity contribution in [3.05, 3.63) is 29.8 Å². The number of para-hydroxylation sites is 1. The molecule has 1 aliphatic heterocycles. The first-order valence-corrected chi connectivity index (χ1v) is 6.94. The van der Waals surface area contributed by atoms with E-state index in [9.17, 15) is 4.79 Å². The van der Waals surface area contributed by atoms with Crippen molar-refractivity contribution < 1.29 is 9.90 Å². The van der Waals surface area contributed by atoms with E-state index >= 15 is 0 Å². The van der Waals surface area contributed by atoms with Crippen LogP contribution in [-0.2, 0) is 11.2 Å². The zero-order chi connectivity index (χ0) is 13.8. The van der Waals surface area contributed by atoms with Crippen LogP contribution in [-0.4, -0.2) is 36.2 Å². The zero-order valence-electron chi connectivity index (χ0n) is 11.6. The minimum absolute atomic E-state index is 0.0288. The molecule has 1 heterocycles. The molecule has 0 aromatic heterocycles. The SMILES string of the molecule is CCc1ccccc1N1C(=O)C(CCO)NCC1C. The summed E-state index contributed by atoms with van der Waals surface area (Å²) in [6.07, 6.45) is 1.38. The highest BCUT2D eigenvalue weighted by atomic mass is 16.3. The number of hydrogen-bond acceptors (Lipinski definition) is 3. The van der Waals surface area contributed by atoms with Gasteiger partial charge in [-0.1, -0.05) is 25.1 Å². The van der Waals surface area contributed by atoms with E-state index in [0.29, 0.717) is 6.42 Å². The predicted octanol–water partition coefficient (Wildman–Crippen LogP) is 1.32. The summed E-state index contributed by atoms with van der Waals surface area (Å²) >= 11 is 0. The number of carbonyl (C=O) groups is 1. The van der Waals surface area contributed by atoms with Gasteiger partial charge in [0, 0.05) is 24.9 Å². The van der Waals surface area contributed by atoms with E-state index in [4.69, 9.17) is 5.11 Å². The summed E-state index contributed by atoms with van der Waals surface area (Å²) in [7, 11) is 0. The van der Waals surface area contributed by atoms with Crippen molar-refractivity contribution in [3.8, 4) is 0 Å². The number of nitrogens with one attached hydrogen (secondary N) is 1. The van der Waals surface area contributed by atoms with Gasteiger partial charge in [0.2, 0.25) is 5.91 Å². The largest absolute Gasteiger partial charge is 0.396 e.